The molecule has 0 unspecified atom stereocenters. The van der Waals surface area contributed by atoms with Gasteiger partial charge >= 0.3 is 11.9 Å². The zero-order valence-electron chi connectivity index (χ0n) is 18.7. The summed E-state index contributed by atoms with van der Waals surface area (Å²) >= 11 is 6.24. The van der Waals surface area contributed by atoms with Crippen molar-refractivity contribution >= 4 is 29.3 Å². The summed E-state index contributed by atoms with van der Waals surface area (Å²) < 4.78 is 15.6. The van der Waals surface area contributed by atoms with Crippen molar-refractivity contribution in [2.75, 3.05) is 26.9 Å². The smallest absolute Gasteiger partial charge is 0.336 e. The highest BCUT2D eigenvalue weighted by atomic mass is 35.5. The fourth-order valence-electron chi connectivity index (χ4n) is 4.39. The topological polar surface area (TPSA) is 90.9 Å². The van der Waals surface area contributed by atoms with E-state index in [1.807, 2.05) is 19.9 Å². The summed E-state index contributed by atoms with van der Waals surface area (Å²) in [4.78, 5) is 39.1. The highest BCUT2D eigenvalue weighted by molar-refractivity contribution is 6.30. The Morgan fingerprint density at radius 3 is 2.66 bits per heavy atom. The number of benzene rings is 1. The highest BCUT2D eigenvalue weighted by Crippen LogP contribution is 2.45. The zero-order valence-corrected chi connectivity index (χ0v) is 19.5. The van der Waals surface area contributed by atoms with E-state index in [0.717, 1.165) is 0 Å². The molecule has 3 atom stereocenters. The van der Waals surface area contributed by atoms with E-state index in [1.54, 1.807) is 25.1 Å². The number of nitrogens with one attached hydrogen (secondary N) is 1. The summed E-state index contributed by atoms with van der Waals surface area (Å²) in [6.07, 6.45) is 0.474. The molecule has 0 spiro atoms. The average Bonchev–Trinajstić information content (AvgIpc) is 2.75. The molecule has 8 heteroatoms. The Labute approximate surface area is 192 Å². The number of esters is 2. The van der Waals surface area contributed by atoms with Crippen LogP contribution in [-0.4, -0.2) is 44.7 Å². The molecule has 32 heavy (non-hydrogen) atoms. The number of carbonyl (C=O) groups excluding carboxylic acids is 3. The molecule has 1 aliphatic carbocycles. The number of ether oxygens (including phenoxy) is 3. The molecule has 0 aromatic heterocycles. The normalized spacial score (nSPS) is 22.9. The zero-order chi connectivity index (χ0) is 23.4. The second-order valence-corrected chi connectivity index (χ2v) is 8.36. The summed E-state index contributed by atoms with van der Waals surface area (Å²) in [7, 11) is 1.27. The van der Waals surface area contributed by atoms with Gasteiger partial charge in [-0.2, -0.15) is 0 Å². The minimum absolute atomic E-state index is 0.0907. The van der Waals surface area contributed by atoms with E-state index in [2.05, 4.69) is 5.32 Å². The third kappa shape index (κ3) is 4.74. The van der Waals surface area contributed by atoms with Gasteiger partial charge in [-0.25, -0.2) is 4.79 Å². The van der Waals surface area contributed by atoms with Crippen molar-refractivity contribution in [3.8, 4) is 0 Å². The number of methoxy groups -OCH3 is 1. The molecule has 3 rings (SSSR count). The van der Waals surface area contributed by atoms with Gasteiger partial charge in [-0.15, -0.1) is 0 Å². The molecule has 172 valence electrons. The van der Waals surface area contributed by atoms with Gasteiger partial charge in [0.05, 0.1) is 19.3 Å². The predicted octanol–water partition coefficient (Wildman–Crippen LogP) is 3.53. The van der Waals surface area contributed by atoms with Crippen LogP contribution in [0.3, 0.4) is 0 Å². The van der Waals surface area contributed by atoms with Gasteiger partial charge < -0.3 is 19.5 Å². The number of hydrogen-bond donors (Lipinski definition) is 1. The number of carbonyl (C=O) groups is 3. The minimum atomic E-state index is -0.934. The van der Waals surface area contributed by atoms with Crippen LogP contribution in [-0.2, 0) is 28.6 Å². The van der Waals surface area contributed by atoms with Gasteiger partial charge in [0.1, 0.15) is 12.5 Å². The molecule has 0 bridgehead atoms. The fourth-order valence-corrected chi connectivity index (χ4v) is 4.58. The molecule has 1 aromatic rings. The molecule has 1 N–H and O–H groups in total. The number of halogens is 1. The largest absolute Gasteiger partial charge is 0.468 e. The molecule has 2 aliphatic rings. The molecular formula is C24H28ClNO6. The number of ketones is 1. The lowest BCUT2D eigenvalue weighted by Gasteiger charge is -2.38. The first kappa shape index (κ1) is 24.0. The molecule has 7 nitrogen and oxygen atoms in total. The summed E-state index contributed by atoms with van der Waals surface area (Å²) in [6.45, 7) is 6.36. The number of allylic oxidation sites excluding steroid dienone is 3. The maximum absolute atomic E-state index is 13.6. The molecule has 0 saturated heterocycles. The summed E-state index contributed by atoms with van der Waals surface area (Å²) in [5.41, 5.74) is 2.67. The quantitative estimate of drug-likeness (QED) is 0.377. The van der Waals surface area contributed by atoms with E-state index >= 15 is 0 Å². The third-order valence-corrected chi connectivity index (χ3v) is 6.05. The summed E-state index contributed by atoms with van der Waals surface area (Å²) in [6, 6.07) is 7.02. The summed E-state index contributed by atoms with van der Waals surface area (Å²) in [5, 5.41) is 3.70. The van der Waals surface area contributed by atoms with Crippen LogP contribution >= 0.6 is 11.6 Å². The van der Waals surface area contributed by atoms with Gasteiger partial charge in [0, 0.05) is 34.5 Å². The van der Waals surface area contributed by atoms with Crippen LogP contribution in [0.25, 0.3) is 0 Å². The van der Waals surface area contributed by atoms with Crippen molar-refractivity contribution < 1.29 is 28.6 Å². The lowest BCUT2D eigenvalue weighted by Crippen LogP contribution is -2.43. The SMILES string of the molecule is CCOCCOC(=O)C1=C(C)NC2=C(C(=O)[C@@H](C(=O)OC)[C@H](C)C2)[C@@H]1c1cccc(Cl)c1. The maximum atomic E-state index is 13.6. The van der Waals surface area contributed by atoms with Gasteiger partial charge in [0.25, 0.3) is 0 Å². The first-order valence-corrected chi connectivity index (χ1v) is 11.0. The molecule has 1 aliphatic heterocycles. The van der Waals surface area contributed by atoms with Crippen molar-refractivity contribution in [2.45, 2.75) is 33.1 Å². The van der Waals surface area contributed by atoms with Gasteiger partial charge in [0.2, 0.25) is 0 Å². The highest BCUT2D eigenvalue weighted by Gasteiger charge is 2.47. The molecule has 0 fully saturated rings. The van der Waals surface area contributed by atoms with E-state index in [-0.39, 0.29) is 24.9 Å². The van der Waals surface area contributed by atoms with E-state index < -0.39 is 23.8 Å². The Bertz CT molecular complexity index is 982. The van der Waals surface area contributed by atoms with Gasteiger partial charge in [0.15, 0.2) is 5.78 Å². The Hall–Kier alpha value is -2.64. The van der Waals surface area contributed by atoms with Gasteiger partial charge in [-0.1, -0.05) is 30.7 Å². The average molecular weight is 462 g/mol. The van der Waals surface area contributed by atoms with Crippen LogP contribution in [0.1, 0.15) is 38.7 Å². The third-order valence-electron chi connectivity index (χ3n) is 5.81. The Morgan fingerprint density at radius 1 is 1.25 bits per heavy atom. The Balaban J connectivity index is 2.07. The van der Waals surface area contributed by atoms with E-state index in [4.69, 9.17) is 25.8 Å². The fraction of sp³-hybridized carbons (Fsp3) is 0.458. The Morgan fingerprint density at radius 2 is 2.00 bits per heavy atom. The van der Waals surface area contributed by atoms with Crippen LogP contribution in [0.4, 0.5) is 0 Å². The Kier molecular flexibility index (Phi) is 7.74. The number of hydrogen-bond acceptors (Lipinski definition) is 7. The van der Waals surface area contributed by atoms with Crippen LogP contribution in [0.5, 0.6) is 0 Å². The number of dihydropyridines is 1. The maximum Gasteiger partial charge on any atom is 0.336 e. The molecule has 1 heterocycles. The summed E-state index contributed by atoms with van der Waals surface area (Å²) in [5.74, 6) is -3.37. The van der Waals surface area contributed by atoms with Crippen LogP contribution in [0, 0.1) is 11.8 Å². The number of rotatable bonds is 7. The second-order valence-electron chi connectivity index (χ2n) is 7.92. The first-order chi connectivity index (χ1) is 15.3. The van der Waals surface area contributed by atoms with Gasteiger partial charge in [-0.05, 0) is 43.9 Å². The van der Waals surface area contributed by atoms with Crippen LogP contribution in [0.15, 0.2) is 46.8 Å². The molecular weight excluding hydrogens is 434 g/mol. The molecule has 0 saturated carbocycles. The van der Waals surface area contributed by atoms with Gasteiger partial charge in [-0.3, -0.25) is 9.59 Å². The van der Waals surface area contributed by atoms with Crippen molar-refractivity contribution in [2.24, 2.45) is 11.8 Å². The van der Waals surface area contributed by atoms with Crippen molar-refractivity contribution in [3.63, 3.8) is 0 Å². The van der Waals surface area contributed by atoms with E-state index in [9.17, 15) is 14.4 Å². The number of Topliss-reactive ketones (excluding diaryl/α,β-unsaturated/α-hetero) is 1. The second kappa shape index (κ2) is 10.3. The first-order valence-electron chi connectivity index (χ1n) is 10.6. The van der Waals surface area contributed by atoms with Crippen molar-refractivity contribution in [3.05, 3.63) is 57.4 Å². The molecule has 0 amide bonds. The predicted molar refractivity (Wildman–Crippen MR) is 119 cm³/mol. The monoisotopic (exact) mass is 461 g/mol. The molecule has 0 radical (unpaired) electrons. The minimum Gasteiger partial charge on any atom is -0.468 e. The van der Waals surface area contributed by atoms with E-state index in [0.29, 0.717) is 46.2 Å². The van der Waals surface area contributed by atoms with Crippen LogP contribution < -0.4 is 5.32 Å². The lowest BCUT2D eigenvalue weighted by atomic mass is 9.69. The standard InChI is InChI=1S/C24H28ClNO6/c1-5-31-9-10-32-24(29)19-14(3)26-17-11-13(2)18(23(28)30-4)22(27)21(17)20(19)15-7-6-8-16(25)12-15/h6-8,12-13,18,20,26H,5,9-11H2,1-4H3/t13-,18+,20-/m1/s1. The van der Waals surface area contributed by atoms with Crippen molar-refractivity contribution in [1.82, 2.24) is 5.32 Å². The lowest BCUT2D eigenvalue weighted by molar-refractivity contribution is -0.151. The van der Waals surface area contributed by atoms with Crippen molar-refractivity contribution in [1.29, 1.82) is 0 Å². The van der Waals surface area contributed by atoms with Crippen LogP contribution in [0.2, 0.25) is 5.02 Å². The molecule has 1 aromatic carbocycles. The van der Waals surface area contributed by atoms with E-state index in [1.165, 1.54) is 7.11 Å².